The van der Waals surface area contributed by atoms with Gasteiger partial charge in [0.15, 0.2) is 5.78 Å². The molecule has 0 bridgehead atoms. The fourth-order valence-corrected chi connectivity index (χ4v) is 2.20. The minimum absolute atomic E-state index is 0.187. The highest BCUT2D eigenvalue weighted by atomic mass is 35.5. The Labute approximate surface area is 101 Å². The number of Topliss-reactive ketones (excluding diaryl/α,β-unsaturated/α-hetero) is 1. The summed E-state index contributed by atoms with van der Waals surface area (Å²) >= 11 is 5.82. The number of rotatable bonds is 1. The van der Waals surface area contributed by atoms with Gasteiger partial charge in [0, 0.05) is 10.9 Å². The van der Waals surface area contributed by atoms with Crippen molar-refractivity contribution in [1.29, 1.82) is 0 Å². The lowest BCUT2D eigenvalue weighted by molar-refractivity contribution is -0.119. The highest BCUT2D eigenvalue weighted by Gasteiger charge is 2.22. The van der Waals surface area contributed by atoms with E-state index in [1.165, 1.54) is 0 Å². The van der Waals surface area contributed by atoms with Crippen molar-refractivity contribution < 1.29 is 4.79 Å². The molecule has 1 aliphatic carbocycles. The molecule has 0 spiro atoms. The molecule has 1 aliphatic rings. The van der Waals surface area contributed by atoms with Gasteiger partial charge in [-0.25, -0.2) is 0 Å². The molecular weight excluding hydrogens is 220 g/mol. The van der Waals surface area contributed by atoms with E-state index < -0.39 is 0 Å². The maximum Gasteiger partial charge on any atom is 0.161 e. The molecule has 0 radical (unpaired) electrons. The van der Waals surface area contributed by atoms with E-state index in [0.29, 0.717) is 5.78 Å². The van der Waals surface area contributed by atoms with Gasteiger partial charge in [0.25, 0.3) is 0 Å². The first-order chi connectivity index (χ1) is 7.66. The van der Waals surface area contributed by atoms with Crippen LogP contribution in [0.3, 0.4) is 0 Å². The second-order valence-electron chi connectivity index (χ2n) is 4.38. The maximum atomic E-state index is 11.9. The molecule has 0 N–H and O–H groups in total. The van der Waals surface area contributed by atoms with Gasteiger partial charge < -0.3 is 0 Å². The van der Waals surface area contributed by atoms with Crippen molar-refractivity contribution in [2.75, 3.05) is 0 Å². The molecule has 0 aliphatic heterocycles. The molecular formula is C14H15ClO. The number of halogens is 1. The summed E-state index contributed by atoms with van der Waals surface area (Å²) in [4.78, 5) is 11.9. The highest BCUT2D eigenvalue weighted by Crippen LogP contribution is 2.26. The first kappa shape index (κ1) is 11.4. The number of carbonyl (C=O) groups excluding carboxylic acids is 1. The van der Waals surface area contributed by atoms with Crippen molar-refractivity contribution in [2.24, 2.45) is 5.92 Å². The average Bonchev–Trinajstić information content (AvgIpc) is 2.28. The van der Waals surface area contributed by atoms with Crippen LogP contribution in [-0.2, 0) is 4.79 Å². The molecule has 2 rings (SSSR count). The van der Waals surface area contributed by atoms with Gasteiger partial charge in [0.05, 0.1) is 0 Å². The van der Waals surface area contributed by atoms with Crippen LogP contribution in [0.5, 0.6) is 0 Å². The third-order valence-corrected chi connectivity index (χ3v) is 3.31. The Morgan fingerprint density at radius 1 is 1.31 bits per heavy atom. The number of allylic oxidation sites excluding steroid dienone is 1. The zero-order chi connectivity index (χ0) is 11.5. The number of ketones is 1. The molecule has 1 atom stereocenters. The second-order valence-corrected chi connectivity index (χ2v) is 4.82. The van der Waals surface area contributed by atoms with E-state index in [0.717, 1.165) is 35.4 Å². The minimum Gasteiger partial charge on any atom is -0.294 e. The van der Waals surface area contributed by atoms with Gasteiger partial charge in [-0.1, -0.05) is 30.7 Å². The van der Waals surface area contributed by atoms with Crippen LogP contribution in [-0.4, -0.2) is 5.78 Å². The standard InChI is InChI=1S/C14H15ClO/c1-10-3-2-4-12(14(10)16)9-11-5-7-13(15)8-6-11/h5-10H,2-4H2,1H3/t10-/m1/s1. The second kappa shape index (κ2) is 4.84. The van der Waals surface area contributed by atoms with Gasteiger partial charge in [-0.15, -0.1) is 0 Å². The first-order valence-corrected chi connectivity index (χ1v) is 6.05. The van der Waals surface area contributed by atoms with E-state index in [1.54, 1.807) is 0 Å². The molecule has 0 aromatic heterocycles. The van der Waals surface area contributed by atoms with E-state index in [4.69, 9.17) is 11.6 Å². The Morgan fingerprint density at radius 3 is 2.69 bits per heavy atom. The summed E-state index contributed by atoms with van der Waals surface area (Å²) in [6.45, 7) is 2.01. The van der Waals surface area contributed by atoms with Gasteiger partial charge in [0.2, 0.25) is 0 Å². The van der Waals surface area contributed by atoms with Gasteiger partial charge >= 0.3 is 0 Å². The van der Waals surface area contributed by atoms with Crippen LogP contribution in [0.1, 0.15) is 31.7 Å². The van der Waals surface area contributed by atoms with Gasteiger partial charge in [-0.2, -0.15) is 0 Å². The Bertz CT molecular complexity index is 417. The Balaban J connectivity index is 2.23. The van der Waals surface area contributed by atoms with Crippen molar-refractivity contribution in [3.05, 3.63) is 40.4 Å². The van der Waals surface area contributed by atoms with Crippen molar-refractivity contribution in [3.63, 3.8) is 0 Å². The number of carbonyl (C=O) groups is 1. The molecule has 0 heterocycles. The van der Waals surface area contributed by atoms with Gasteiger partial charge in [-0.05, 0) is 48.6 Å². The number of hydrogen-bond acceptors (Lipinski definition) is 1. The Kier molecular flexibility index (Phi) is 3.45. The monoisotopic (exact) mass is 234 g/mol. The van der Waals surface area contributed by atoms with Crippen molar-refractivity contribution in [3.8, 4) is 0 Å². The van der Waals surface area contributed by atoms with E-state index in [1.807, 2.05) is 37.3 Å². The van der Waals surface area contributed by atoms with Crippen LogP contribution in [0.4, 0.5) is 0 Å². The fraction of sp³-hybridized carbons (Fsp3) is 0.357. The summed E-state index contributed by atoms with van der Waals surface area (Å²) in [5, 5.41) is 0.727. The summed E-state index contributed by atoms with van der Waals surface area (Å²) in [6.07, 6.45) is 5.04. The molecule has 0 saturated heterocycles. The molecule has 1 saturated carbocycles. The summed E-state index contributed by atoms with van der Waals surface area (Å²) in [5.41, 5.74) is 2.02. The number of hydrogen-bond donors (Lipinski definition) is 0. The smallest absolute Gasteiger partial charge is 0.161 e. The molecule has 0 unspecified atom stereocenters. The van der Waals surface area contributed by atoms with Crippen LogP contribution in [0.15, 0.2) is 29.8 Å². The van der Waals surface area contributed by atoms with E-state index in [2.05, 4.69) is 0 Å². The van der Waals surface area contributed by atoms with Crippen LogP contribution >= 0.6 is 11.6 Å². The molecule has 1 aromatic rings. The quantitative estimate of drug-likeness (QED) is 0.669. The van der Waals surface area contributed by atoms with Crippen molar-refractivity contribution in [2.45, 2.75) is 26.2 Å². The third kappa shape index (κ3) is 2.53. The predicted molar refractivity (Wildman–Crippen MR) is 67.5 cm³/mol. The van der Waals surface area contributed by atoms with Crippen molar-refractivity contribution in [1.82, 2.24) is 0 Å². The molecule has 1 fully saturated rings. The Morgan fingerprint density at radius 2 is 2.00 bits per heavy atom. The van der Waals surface area contributed by atoms with E-state index in [9.17, 15) is 4.79 Å². The highest BCUT2D eigenvalue weighted by molar-refractivity contribution is 6.30. The summed E-state index contributed by atoms with van der Waals surface area (Å²) in [6, 6.07) is 7.60. The lowest BCUT2D eigenvalue weighted by Gasteiger charge is -2.19. The first-order valence-electron chi connectivity index (χ1n) is 5.67. The molecule has 1 nitrogen and oxygen atoms in total. The fourth-order valence-electron chi connectivity index (χ4n) is 2.07. The predicted octanol–water partition coefficient (Wildman–Crippen LogP) is 4.11. The largest absolute Gasteiger partial charge is 0.294 e. The van der Waals surface area contributed by atoms with Crippen LogP contribution < -0.4 is 0 Å². The normalized spacial score (nSPS) is 23.8. The van der Waals surface area contributed by atoms with Crippen molar-refractivity contribution >= 4 is 23.5 Å². The van der Waals surface area contributed by atoms with Crippen LogP contribution in [0, 0.1) is 5.92 Å². The minimum atomic E-state index is 0.187. The Hall–Kier alpha value is -1.08. The SMILES string of the molecule is C[C@@H]1CCCC(=Cc2ccc(Cl)cc2)C1=O. The van der Waals surface area contributed by atoms with E-state index in [-0.39, 0.29) is 5.92 Å². The molecule has 2 heteroatoms. The average molecular weight is 235 g/mol. The molecule has 84 valence electrons. The molecule has 0 amide bonds. The van der Waals surface area contributed by atoms with Gasteiger partial charge in [-0.3, -0.25) is 4.79 Å². The number of benzene rings is 1. The zero-order valence-corrected chi connectivity index (χ0v) is 10.1. The van der Waals surface area contributed by atoms with Crippen LogP contribution in [0.25, 0.3) is 6.08 Å². The van der Waals surface area contributed by atoms with E-state index >= 15 is 0 Å². The summed E-state index contributed by atoms with van der Waals surface area (Å²) in [7, 11) is 0. The van der Waals surface area contributed by atoms with Gasteiger partial charge in [0.1, 0.15) is 0 Å². The molecule has 16 heavy (non-hydrogen) atoms. The maximum absolute atomic E-state index is 11.9. The summed E-state index contributed by atoms with van der Waals surface area (Å²) < 4.78 is 0. The lowest BCUT2D eigenvalue weighted by Crippen LogP contribution is -2.18. The lowest BCUT2D eigenvalue weighted by atomic mass is 9.84. The molecule has 1 aromatic carbocycles. The van der Waals surface area contributed by atoms with Crippen LogP contribution in [0.2, 0.25) is 5.02 Å². The third-order valence-electron chi connectivity index (χ3n) is 3.06. The zero-order valence-electron chi connectivity index (χ0n) is 9.37. The summed E-state index contributed by atoms with van der Waals surface area (Å²) in [5.74, 6) is 0.494. The topological polar surface area (TPSA) is 17.1 Å².